The number of halogens is 4. The zero-order chi connectivity index (χ0) is 14.6. The van der Waals surface area contributed by atoms with E-state index in [1.807, 2.05) is 0 Å². The number of aliphatic hydroxyl groups excluding tert-OH is 1. The van der Waals surface area contributed by atoms with Crippen LogP contribution in [0.5, 0.6) is 0 Å². The number of benzene rings is 1. The molecule has 0 spiro atoms. The zero-order valence-electron chi connectivity index (χ0n) is 10.1. The van der Waals surface area contributed by atoms with Crippen LogP contribution in [-0.2, 0) is 6.18 Å². The maximum Gasteiger partial charge on any atom is 0.419 e. The summed E-state index contributed by atoms with van der Waals surface area (Å²) < 4.78 is 50.5. The number of carbonyl (C=O) groups excluding carboxylic acids is 1. The van der Waals surface area contributed by atoms with Gasteiger partial charge in [-0.05, 0) is 24.6 Å². The highest BCUT2D eigenvalue weighted by molar-refractivity contribution is 5.94. The Morgan fingerprint density at radius 1 is 1.42 bits per heavy atom. The van der Waals surface area contributed by atoms with Gasteiger partial charge in [0.05, 0.1) is 18.2 Å². The molecule has 1 amide bonds. The lowest BCUT2D eigenvalue weighted by atomic mass is 10.1. The lowest BCUT2D eigenvalue weighted by Crippen LogP contribution is -2.37. The molecule has 0 unspecified atom stereocenters. The monoisotopic (exact) mass is 279 g/mol. The summed E-state index contributed by atoms with van der Waals surface area (Å²) in [6.45, 7) is 1.38. The van der Waals surface area contributed by atoms with Gasteiger partial charge < -0.3 is 10.4 Å². The number of amides is 1. The maximum absolute atomic E-state index is 13.0. The van der Waals surface area contributed by atoms with Gasteiger partial charge in [-0.1, -0.05) is 6.92 Å². The van der Waals surface area contributed by atoms with E-state index >= 15 is 0 Å². The number of hydrogen-bond acceptors (Lipinski definition) is 2. The van der Waals surface area contributed by atoms with Gasteiger partial charge in [-0.15, -0.1) is 0 Å². The third-order valence-corrected chi connectivity index (χ3v) is 2.58. The molecular formula is C12H13F4NO2. The van der Waals surface area contributed by atoms with Crippen molar-refractivity contribution in [1.29, 1.82) is 0 Å². The first-order chi connectivity index (χ1) is 8.79. The first kappa shape index (κ1) is 15.4. The summed E-state index contributed by atoms with van der Waals surface area (Å²) in [5, 5.41) is 11.2. The summed E-state index contributed by atoms with van der Waals surface area (Å²) in [7, 11) is 0. The molecule has 1 atom stereocenters. The van der Waals surface area contributed by atoms with Crippen LogP contribution >= 0.6 is 0 Å². The minimum atomic E-state index is -4.86. The highest BCUT2D eigenvalue weighted by Gasteiger charge is 2.34. The molecule has 1 aromatic rings. The van der Waals surface area contributed by atoms with E-state index in [9.17, 15) is 22.4 Å². The average molecular weight is 279 g/mol. The molecule has 3 nitrogen and oxygen atoms in total. The molecule has 0 aliphatic rings. The van der Waals surface area contributed by atoms with Crippen molar-refractivity contribution in [1.82, 2.24) is 5.32 Å². The van der Waals surface area contributed by atoms with Gasteiger partial charge in [0, 0.05) is 5.56 Å². The molecule has 1 aromatic carbocycles. The third-order valence-electron chi connectivity index (χ3n) is 2.58. The van der Waals surface area contributed by atoms with Gasteiger partial charge in [-0.25, -0.2) is 4.39 Å². The van der Waals surface area contributed by atoms with E-state index in [-0.39, 0.29) is 12.2 Å². The van der Waals surface area contributed by atoms with Crippen molar-refractivity contribution in [2.45, 2.75) is 25.6 Å². The van der Waals surface area contributed by atoms with Crippen LogP contribution in [0.1, 0.15) is 29.3 Å². The fraction of sp³-hybridized carbons (Fsp3) is 0.417. The van der Waals surface area contributed by atoms with Crippen molar-refractivity contribution in [3.63, 3.8) is 0 Å². The lowest BCUT2D eigenvalue weighted by molar-refractivity contribution is -0.140. The molecule has 7 heteroatoms. The van der Waals surface area contributed by atoms with Crippen molar-refractivity contribution in [3.8, 4) is 0 Å². The second-order valence-corrected chi connectivity index (χ2v) is 3.95. The average Bonchev–Trinajstić information content (AvgIpc) is 2.34. The summed E-state index contributed by atoms with van der Waals surface area (Å²) in [5.41, 5.74) is -1.79. The summed E-state index contributed by atoms with van der Waals surface area (Å²) in [6, 6.07) is 1.46. The molecule has 0 bridgehead atoms. The standard InChI is InChI=1S/C12H13F4NO2/c1-2-8(6-18)17-11(19)7-3-4-10(13)9(5-7)12(14,15)16/h3-5,8,18H,2,6H2,1H3,(H,17,19)/t8-/m0/s1. The van der Waals surface area contributed by atoms with Crippen molar-refractivity contribution in [2.75, 3.05) is 6.61 Å². The molecule has 2 N–H and O–H groups in total. The highest BCUT2D eigenvalue weighted by atomic mass is 19.4. The molecular weight excluding hydrogens is 266 g/mol. The Morgan fingerprint density at radius 2 is 2.05 bits per heavy atom. The van der Waals surface area contributed by atoms with Crippen LogP contribution < -0.4 is 5.32 Å². The predicted molar refractivity (Wildman–Crippen MR) is 60.0 cm³/mol. The molecule has 0 aliphatic heterocycles. The van der Waals surface area contributed by atoms with Crippen LogP contribution in [0, 0.1) is 5.82 Å². The number of carbonyl (C=O) groups is 1. The number of nitrogens with one attached hydrogen (secondary N) is 1. The number of alkyl halides is 3. The highest BCUT2D eigenvalue weighted by Crippen LogP contribution is 2.31. The van der Waals surface area contributed by atoms with Gasteiger partial charge in [-0.2, -0.15) is 13.2 Å². The van der Waals surface area contributed by atoms with Gasteiger partial charge in [0.25, 0.3) is 5.91 Å². The minimum absolute atomic E-state index is 0.305. The van der Waals surface area contributed by atoms with Crippen LogP contribution in [0.3, 0.4) is 0 Å². The van der Waals surface area contributed by atoms with Gasteiger partial charge in [-0.3, -0.25) is 4.79 Å². The Balaban J connectivity index is 2.99. The van der Waals surface area contributed by atoms with E-state index in [4.69, 9.17) is 5.11 Å². The second-order valence-electron chi connectivity index (χ2n) is 3.95. The summed E-state index contributed by atoms with van der Waals surface area (Å²) >= 11 is 0. The van der Waals surface area contributed by atoms with E-state index < -0.39 is 29.5 Å². The maximum atomic E-state index is 13.0. The SMILES string of the molecule is CC[C@@H](CO)NC(=O)c1ccc(F)c(C(F)(F)F)c1. The van der Waals surface area contributed by atoms with Crippen LogP contribution in [-0.4, -0.2) is 23.7 Å². The quantitative estimate of drug-likeness (QED) is 0.831. The predicted octanol–water partition coefficient (Wildman–Crippen LogP) is 2.35. The molecule has 0 saturated heterocycles. The Kier molecular flexibility index (Phi) is 4.88. The summed E-state index contributed by atoms with van der Waals surface area (Å²) in [4.78, 5) is 11.7. The minimum Gasteiger partial charge on any atom is -0.394 e. The second kappa shape index (κ2) is 6.01. The zero-order valence-corrected chi connectivity index (χ0v) is 10.1. The molecule has 0 aromatic heterocycles. The Bertz CT molecular complexity index is 456. The third kappa shape index (κ3) is 3.92. The van der Waals surface area contributed by atoms with E-state index in [0.29, 0.717) is 18.6 Å². The topological polar surface area (TPSA) is 49.3 Å². The fourth-order valence-electron chi connectivity index (χ4n) is 1.43. The molecule has 106 valence electrons. The fourth-order valence-corrected chi connectivity index (χ4v) is 1.43. The summed E-state index contributed by atoms with van der Waals surface area (Å²) in [5.74, 6) is -2.22. The van der Waals surface area contributed by atoms with Gasteiger partial charge >= 0.3 is 6.18 Å². The molecule has 0 radical (unpaired) electrons. The van der Waals surface area contributed by atoms with Crippen LogP contribution in [0.25, 0.3) is 0 Å². The molecule has 0 fully saturated rings. The molecule has 19 heavy (non-hydrogen) atoms. The Labute approximate surface area is 107 Å². The van der Waals surface area contributed by atoms with Crippen molar-refractivity contribution < 1.29 is 27.5 Å². The van der Waals surface area contributed by atoms with Crippen molar-refractivity contribution >= 4 is 5.91 Å². The Morgan fingerprint density at radius 3 is 2.53 bits per heavy atom. The van der Waals surface area contributed by atoms with E-state index in [0.717, 1.165) is 6.07 Å². The number of rotatable bonds is 4. The van der Waals surface area contributed by atoms with Crippen molar-refractivity contribution in [3.05, 3.63) is 35.1 Å². The van der Waals surface area contributed by atoms with Gasteiger partial charge in [0.1, 0.15) is 5.82 Å². The smallest absolute Gasteiger partial charge is 0.394 e. The first-order valence-electron chi connectivity index (χ1n) is 5.58. The number of aliphatic hydroxyl groups is 1. The molecule has 0 heterocycles. The molecule has 0 saturated carbocycles. The van der Waals surface area contributed by atoms with Crippen molar-refractivity contribution in [2.24, 2.45) is 0 Å². The first-order valence-corrected chi connectivity index (χ1v) is 5.58. The molecule has 0 aliphatic carbocycles. The van der Waals surface area contributed by atoms with E-state index in [1.54, 1.807) is 6.92 Å². The number of hydrogen-bond donors (Lipinski definition) is 2. The summed E-state index contributed by atoms with van der Waals surface area (Å²) in [6.07, 6.45) is -4.43. The Hall–Kier alpha value is -1.63. The van der Waals surface area contributed by atoms with E-state index in [1.165, 1.54) is 0 Å². The largest absolute Gasteiger partial charge is 0.419 e. The lowest BCUT2D eigenvalue weighted by Gasteiger charge is -2.15. The van der Waals surface area contributed by atoms with Gasteiger partial charge in [0.15, 0.2) is 0 Å². The van der Waals surface area contributed by atoms with Crippen LogP contribution in [0.4, 0.5) is 17.6 Å². The normalized spacial score (nSPS) is 13.2. The van der Waals surface area contributed by atoms with Crippen LogP contribution in [0.15, 0.2) is 18.2 Å². The van der Waals surface area contributed by atoms with Crippen LogP contribution in [0.2, 0.25) is 0 Å². The van der Waals surface area contributed by atoms with E-state index in [2.05, 4.69) is 5.32 Å². The van der Waals surface area contributed by atoms with Gasteiger partial charge in [0.2, 0.25) is 0 Å². The molecule has 1 rings (SSSR count).